The largest absolute Gasteiger partial charge is 0.493 e. The van der Waals surface area contributed by atoms with E-state index in [0.29, 0.717) is 19.6 Å². The van der Waals surface area contributed by atoms with Crippen molar-refractivity contribution < 1.29 is 19.4 Å². The molecule has 5 nitrogen and oxygen atoms in total. The van der Waals surface area contributed by atoms with Crippen LogP contribution < -0.4 is 10.1 Å². The molecule has 0 saturated heterocycles. The summed E-state index contributed by atoms with van der Waals surface area (Å²) in [6.07, 6.45) is 1.42. The first-order chi connectivity index (χ1) is 11.6. The molecule has 0 atom stereocenters. The van der Waals surface area contributed by atoms with Gasteiger partial charge in [-0.15, -0.1) is 0 Å². The fraction of sp³-hybridized carbons (Fsp3) is 0.368. The number of benzene rings is 2. The van der Waals surface area contributed by atoms with Crippen molar-refractivity contribution in [2.45, 2.75) is 32.6 Å². The van der Waals surface area contributed by atoms with E-state index in [0.717, 1.165) is 28.5 Å². The molecule has 24 heavy (non-hydrogen) atoms. The van der Waals surface area contributed by atoms with Crippen molar-refractivity contribution in [2.75, 3.05) is 13.2 Å². The fourth-order valence-corrected chi connectivity index (χ4v) is 2.56. The molecule has 2 aromatic rings. The second-order valence-corrected chi connectivity index (χ2v) is 5.61. The lowest BCUT2D eigenvalue weighted by Gasteiger charge is -2.14. The Morgan fingerprint density at radius 2 is 1.92 bits per heavy atom. The van der Waals surface area contributed by atoms with E-state index in [-0.39, 0.29) is 18.7 Å². The summed E-state index contributed by atoms with van der Waals surface area (Å²) in [5, 5.41) is 13.6. The van der Waals surface area contributed by atoms with E-state index in [1.807, 2.05) is 30.3 Å². The van der Waals surface area contributed by atoms with Gasteiger partial charge in [-0.05, 0) is 29.7 Å². The smallest absolute Gasteiger partial charge is 0.303 e. The SMILES string of the molecule is CCCOc1ccc2ccccc2c1CCNC(=O)CCC(=O)O. The van der Waals surface area contributed by atoms with Crippen molar-refractivity contribution in [2.24, 2.45) is 0 Å². The van der Waals surface area contributed by atoms with E-state index in [1.165, 1.54) is 0 Å². The molecule has 0 saturated carbocycles. The Labute approximate surface area is 141 Å². The molecule has 0 bridgehead atoms. The Morgan fingerprint density at radius 3 is 2.67 bits per heavy atom. The third-order valence-corrected chi connectivity index (χ3v) is 3.72. The van der Waals surface area contributed by atoms with Gasteiger partial charge in [0.25, 0.3) is 0 Å². The number of carboxylic acid groups (broad SMARTS) is 1. The van der Waals surface area contributed by atoms with Gasteiger partial charge >= 0.3 is 5.97 Å². The van der Waals surface area contributed by atoms with Crippen LogP contribution in [0.3, 0.4) is 0 Å². The first-order valence-electron chi connectivity index (χ1n) is 8.23. The van der Waals surface area contributed by atoms with Crippen LogP contribution in [0.5, 0.6) is 5.75 Å². The third kappa shape index (κ3) is 4.98. The minimum atomic E-state index is -0.963. The minimum absolute atomic E-state index is 0.00403. The number of carboxylic acids is 1. The van der Waals surface area contributed by atoms with Crippen molar-refractivity contribution in [3.63, 3.8) is 0 Å². The summed E-state index contributed by atoms with van der Waals surface area (Å²) in [6, 6.07) is 12.1. The second-order valence-electron chi connectivity index (χ2n) is 5.61. The predicted molar refractivity (Wildman–Crippen MR) is 93.3 cm³/mol. The summed E-state index contributed by atoms with van der Waals surface area (Å²) in [7, 11) is 0. The summed E-state index contributed by atoms with van der Waals surface area (Å²) in [4.78, 5) is 22.1. The number of carbonyl (C=O) groups is 2. The molecule has 2 aromatic carbocycles. The number of carbonyl (C=O) groups excluding carboxylic acids is 1. The summed E-state index contributed by atoms with van der Waals surface area (Å²) < 4.78 is 5.84. The molecule has 0 aliphatic rings. The van der Waals surface area contributed by atoms with Crippen LogP contribution in [0, 0.1) is 0 Å². The molecule has 0 aliphatic heterocycles. The zero-order valence-electron chi connectivity index (χ0n) is 13.9. The molecule has 0 radical (unpaired) electrons. The topological polar surface area (TPSA) is 75.6 Å². The average molecular weight is 329 g/mol. The van der Waals surface area contributed by atoms with Crippen molar-refractivity contribution in [3.8, 4) is 5.75 Å². The molecular weight excluding hydrogens is 306 g/mol. The number of ether oxygens (including phenoxy) is 1. The van der Waals surface area contributed by atoms with Gasteiger partial charge in [-0.25, -0.2) is 0 Å². The zero-order chi connectivity index (χ0) is 17.4. The van der Waals surface area contributed by atoms with Gasteiger partial charge < -0.3 is 15.2 Å². The minimum Gasteiger partial charge on any atom is -0.493 e. The number of rotatable bonds is 9. The number of amides is 1. The van der Waals surface area contributed by atoms with E-state index in [1.54, 1.807) is 0 Å². The Hall–Kier alpha value is -2.56. The first kappa shape index (κ1) is 17.8. The summed E-state index contributed by atoms with van der Waals surface area (Å²) in [6.45, 7) is 3.16. The maximum absolute atomic E-state index is 11.7. The van der Waals surface area contributed by atoms with Crippen molar-refractivity contribution in [3.05, 3.63) is 42.0 Å². The van der Waals surface area contributed by atoms with E-state index in [9.17, 15) is 9.59 Å². The van der Waals surface area contributed by atoms with E-state index < -0.39 is 5.97 Å². The Kier molecular flexibility index (Phi) is 6.61. The highest BCUT2D eigenvalue weighted by molar-refractivity contribution is 5.88. The molecule has 1 amide bonds. The quantitative estimate of drug-likeness (QED) is 0.741. The molecule has 128 valence electrons. The molecule has 0 unspecified atom stereocenters. The van der Waals surface area contributed by atoms with Gasteiger partial charge in [-0.2, -0.15) is 0 Å². The monoisotopic (exact) mass is 329 g/mol. The van der Waals surface area contributed by atoms with Crippen LogP contribution in [0.2, 0.25) is 0 Å². The van der Waals surface area contributed by atoms with Gasteiger partial charge in [0.05, 0.1) is 13.0 Å². The van der Waals surface area contributed by atoms with Gasteiger partial charge in [0, 0.05) is 18.5 Å². The van der Waals surface area contributed by atoms with E-state index in [2.05, 4.69) is 18.3 Å². The number of fused-ring (bicyclic) bond motifs is 1. The van der Waals surface area contributed by atoms with Crippen molar-refractivity contribution in [1.29, 1.82) is 0 Å². The molecule has 0 aromatic heterocycles. The fourth-order valence-electron chi connectivity index (χ4n) is 2.56. The molecule has 0 heterocycles. The van der Waals surface area contributed by atoms with Crippen LogP contribution in [0.1, 0.15) is 31.7 Å². The Bertz CT molecular complexity index is 712. The molecule has 0 fully saturated rings. The maximum atomic E-state index is 11.7. The Balaban J connectivity index is 2.07. The lowest BCUT2D eigenvalue weighted by Crippen LogP contribution is -2.26. The number of hydrogen-bond donors (Lipinski definition) is 2. The third-order valence-electron chi connectivity index (χ3n) is 3.72. The van der Waals surface area contributed by atoms with Crippen LogP contribution in [0.15, 0.2) is 36.4 Å². The van der Waals surface area contributed by atoms with Crippen LogP contribution in [-0.4, -0.2) is 30.1 Å². The summed E-state index contributed by atoms with van der Waals surface area (Å²) >= 11 is 0. The highest BCUT2D eigenvalue weighted by Crippen LogP contribution is 2.28. The Morgan fingerprint density at radius 1 is 1.12 bits per heavy atom. The highest BCUT2D eigenvalue weighted by atomic mass is 16.5. The molecule has 0 aliphatic carbocycles. The zero-order valence-corrected chi connectivity index (χ0v) is 13.9. The average Bonchev–Trinajstić information content (AvgIpc) is 2.59. The van der Waals surface area contributed by atoms with Crippen LogP contribution in [0.4, 0.5) is 0 Å². The highest BCUT2D eigenvalue weighted by Gasteiger charge is 2.10. The lowest BCUT2D eigenvalue weighted by molar-refractivity contribution is -0.138. The molecule has 0 spiro atoms. The van der Waals surface area contributed by atoms with Crippen molar-refractivity contribution in [1.82, 2.24) is 5.32 Å². The first-order valence-corrected chi connectivity index (χ1v) is 8.23. The summed E-state index contributed by atoms with van der Waals surface area (Å²) in [5.41, 5.74) is 1.07. The van der Waals surface area contributed by atoms with Gasteiger partial charge in [-0.1, -0.05) is 37.3 Å². The molecule has 2 N–H and O–H groups in total. The van der Waals surface area contributed by atoms with Crippen LogP contribution >= 0.6 is 0 Å². The standard InChI is InChI=1S/C19H23NO4/c1-2-13-24-17-8-7-14-5-3-4-6-15(14)16(17)11-12-20-18(21)9-10-19(22)23/h3-8H,2,9-13H2,1H3,(H,20,21)(H,22,23). The summed E-state index contributed by atoms with van der Waals surface area (Å²) in [5.74, 6) is -0.363. The second kappa shape index (κ2) is 8.91. The number of aliphatic carboxylic acids is 1. The maximum Gasteiger partial charge on any atom is 0.303 e. The van der Waals surface area contributed by atoms with Gasteiger partial charge in [0.2, 0.25) is 5.91 Å². The van der Waals surface area contributed by atoms with Crippen LogP contribution in [0.25, 0.3) is 10.8 Å². The van der Waals surface area contributed by atoms with E-state index in [4.69, 9.17) is 9.84 Å². The molecule has 5 heteroatoms. The molecule has 2 rings (SSSR count). The van der Waals surface area contributed by atoms with Gasteiger partial charge in [-0.3, -0.25) is 9.59 Å². The van der Waals surface area contributed by atoms with Gasteiger partial charge in [0.15, 0.2) is 0 Å². The normalized spacial score (nSPS) is 10.5. The number of nitrogens with one attached hydrogen (secondary N) is 1. The van der Waals surface area contributed by atoms with E-state index >= 15 is 0 Å². The number of hydrogen-bond acceptors (Lipinski definition) is 3. The molecular formula is C19H23NO4. The predicted octanol–water partition coefficient (Wildman–Crippen LogP) is 3.15. The van der Waals surface area contributed by atoms with Crippen molar-refractivity contribution >= 4 is 22.6 Å². The van der Waals surface area contributed by atoms with Gasteiger partial charge in [0.1, 0.15) is 5.75 Å². The van der Waals surface area contributed by atoms with Crippen LogP contribution in [-0.2, 0) is 16.0 Å². The lowest BCUT2D eigenvalue weighted by atomic mass is 10.0.